The molecular weight excluding hydrogens is 279 g/mol. The van der Waals surface area contributed by atoms with Crippen LogP contribution in [0.25, 0.3) is 0 Å². The summed E-state index contributed by atoms with van der Waals surface area (Å²) in [7, 11) is 0. The zero-order valence-corrected chi connectivity index (χ0v) is 12.7. The molecule has 0 aromatic heterocycles. The van der Waals surface area contributed by atoms with E-state index < -0.39 is 11.7 Å². The molecule has 2 rings (SSSR count). The van der Waals surface area contributed by atoms with Gasteiger partial charge in [0.25, 0.3) is 0 Å². The van der Waals surface area contributed by atoms with Crippen LogP contribution in [0.15, 0.2) is 24.3 Å². The van der Waals surface area contributed by atoms with Crippen molar-refractivity contribution in [2.24, 2.45) is 0 Å². The average Bonchev–Trinajstić information content (AvgIpc) is 2.37. The van der Waals surface area contributed by atoms with Gasteiger partial charge in [0.05, 0.1) is 5.56 Å². The third kappa shape index (κ3) is 4.13. The first-order chi connectivity index (χ1) is 9.68. The maximum atomic E-state index is 12.9. The molecule has 0 aliphatic carbocycles. The van der Waals surface area contributed by atoms with Crippen molar-refractivity contribution in [3.8, 4) is 5.75 Å². The SMILES string of the molecule is CC(C)(C)N1CCC(Oc2ccccc2C(F)(F)F)CC1. The molecule has 1 aromatic carbocycles. The van der Waals surface area contributed by atoms with Crippen LogP contribution in [0.1, 0.15) is 39.2 Å². The number of para-hydroxylation sites is 1. The molecule has 0 radical (unpaired) electrons. The van der Waals surface area contributed by atoms with Gasteiger partial charge in [-0.15, -0.1) is 0 Å². The predicted molar refractivity (Wildman–Crippen MR) is 76.4 cm³/mol. The van der Waals surface area contributed by atoms with E-state index >= 15 is 0 Å². The molecule has 0 spiro atoms. The summed E-state index contributed by atoms with van der Waals surface area (Å²) in [5.74, 6) is -0.0563. The minimum atomic E-state index is -4.37. The van der Waals surface area contributed by atoms with Gasteiger partial charge in [0.2, 0.25) is 0 Å². The van der Waals surface area contributed by atoms with E-state index in [0.717, 1.165) is 32.0 Å². The summed E-state index contributed by atoms with van der Waals surface area (Å²) in [4.78, 5) is 2.34. The zero-order valence-electron chi connectivity index (χ0n) is 12.7. The van der Waals surface area contributed by atoms with Crippen LogP contribution in [-0.2, 0) is 6.18 Å². The Morgan fingerprint density at radius 3 is 2.14 bits per heavy atom. The van der Waals surface area contributed by atoms with Crippen LogP contribution in [0.4, 0.5) is 13.2 Å². The third-order valence-electron chi connectivity index (χ3n) is 3.88. The maximum absolute atomic E-state index is 12.9. The molecule has 2 nitrogen and oxygen atoms in total. The Morgan fingerprint density at radius 1 is 1.05 bits per heavy atom. The average molecular weight is 301 g/mol. The molecule has 1 aromatic rings. The molecule has 1 heterocycles. The molecule has 0 atom stereocenters. The lowest BCUT2D eigenvalue weighted by molar-refractivity contribution is -0.139. The minimum absolute atomic E-state index is 0.0563. The van der Waals surface area contributed by atoms with E-state index in [4.69, 9.17) is 4.74 Å². The summed E-state index contributed by atoms with van der Waals surface area (Å²) in [6.07, 6.45) is -3.01. The molecule has 118 valence electrons. The van der Waals surface area contributed by atoms with Crippen LogP contribution in [-0.4, -0.2) is 29.6 Å². The van der Waals surface area contributed by atoms with Crippen molar-refractivity contribution in [2.75, 3.05) is 13.1 Å². The van der Waals surface area contributed by atoms with E-state index in [2.05, 4.69) is 25.7 Å². The van der Waals surface area contributed by atoms with Gasteiger partial charge < -0.3 is 4.74 Å². The van der Waals surface area contributed by atoms with Gasteiger partial charge in [0.15, 0.2) is 0 Å². The van der Waals surface area contributed by atoms with Crippen LogP contribution in [0.5, 0.6) is 5.75 Å². The lowest BCUT2D eigenvalue weighted by Gasteiger charge is -2.40. The summed E-state index contributed by atoms with van der Waals surface area (Å²) in [5.41, 5.74) is -0.599. The van der Waals surface area contributed by atoms with E-state index in [9.17, 15) is 13.2 Å². The van der Waals surface area contributed by atoms with E-state index in [1.54, 1.807) is 6.07 Å². The molecule has 1 aliphatic heterocycles. The first-order valence-electron chi connectivity index (χ1n) is 7.26. The number of nitrogens with zero attached hydrogens (tertiary/aromatic N) is 1. The van der Waals surface area contributed by atoms with Crippen molar-refractivity contribution in [3.05, 3.63) is 29.8 Å². The summed E-state index contributed by atoms with van der Waals surface area (Å²) in [6, 6.07) is 5.44. The van der Waals surface area contributed by atoms with E-state index in [1.165, 1.54) is 12.1 Å². The van der Waals surface area contributed by atoms with Gasteiger partial charge in [-0.3, -0.25) is 4.90 Å². The second-order valence-electron chi connectivity index (χ2n) is 6.47. The van der Waals surface area contributed by atoms with Crippen molar-refractivity contribution < 1.29 is 17.9 Å². The van der Waals surface area contributed by atoms with Gasteiger partial charge in [-0.2, -0.15) is 13.2 Å². The van der Waals surface area contributed by atoms with E-state index in [-0.39, 0.29) is 17.4 Å². The Morgan fingerprint density at radius 2 is 1.62 bits per heavy atom. The van der Waals surface area contributed by atoms with Crippen molar-refractivity contribution in [3.63, 3.8) is 0 Å². The van der Waals surface area contributed by atoms with E-state index in [0.29, 0.717) is 0 Å². The van der Waals surface area contributed by atoms with Gasteiger partial charge in [0.1, 0.15) is 11.9 Å². The van der Waals surface area contributed by atoms with Gasteiger partial charge >= 0.3 is 6.18 Å². The second kappa shape index (κ2) is 5.87. The number of piperidine rings is 1. The summed E-state index contributed by atoms with van der Waals surface area (Å²) in [5, 5.41) is 0. The topological polar surface area (TPSA) is 12.5 Å². The van der Waals surface area contributed by atoms with Crippen molar-refractivity contribution in [2.45, 2.75) is 51.4 Å². The Hall–Kier alpha value is -1.23. The fraction of sp³-hybridized carbons (Fsp3) is 0.625. The van der Waals surface area contributed by atoms with Crippen LogP contribution >= 0.6 is 0 Å². The van der Waals surface area contributed by atoms with Crippen LogP contribution in [0.2, 0.25) is 0 Å². The number of hydrogen-bond acceptors (Lipinski definition) is 2. The first kappa shape index (κ1) is 16.1. The number of benzene rings is 1. The molecule has 1 saturated heterocycles. The number of ether oxygens (including phenoxy) is 1. The van der Waals surface area contributed by atoms with Crippen LogP contribution in [0, 0.1) is 0 Å². The quantitative estimate of drug-likeness (QED) is 0.805. The monoisotopic (exact) mass is 301 g/mol. The summed E-state index contributed by atoms with van der Waals surface area (Å²) >= 11 is 0. The van der Waals surface area contributed by atoms with Crippen molar-refractivity contribution >= 4 is 0 Å². The number of likely N-dealkylation sites (tertiary alicyclic amines) is 1. The van der Waals surface area contributed by atoms with Crippen molar-refractivity contribution in [1.82, 2.24) is 4.90 Å². The predicted octanol–water partition coefficient (Wildman–Crippen LogP) is 4.35. The molecule has 1 aliphatic rings. The largest absolute Gasteiger partial charge is 0.490 e. The molecule has 21 heavy (non-hydrogen) atoms. The first-order valence-corrected chi connectivity index (χ1v) is 7.26. The number of rotatable bonds is 2. The van der Waals surface area contributed by atoms with Crippen LogP contribution in [0.3, 0.4) is 0 Å². The van der Waals surface area contributed by atoms with Crippen LogP contribution < -0.4 is 4.74 Å². The molecular formula is C16H22F3NO. The molecule has 0 unspecified atom stereocenters. The van der Waals surface area contributed by atoms with Gasteiger partial charge in [-0.1, -0.05) is 12.1 Å². The second-order valence-corrected chi connectivity index (χ2v) is 6.47. The Bertz CT molecular complexity index is 471. The third-order valence-corrected chi connectivity index (χ3v) is 3.88. The summed E-state index contributed by atoms with van der Waals surface area (Å²) in [6.45, 7) is 8.14. The van der Waals surface area contributed by atoms with Gasteiger partial charge in [-0.05, 0) is 45.7 Å². The zero-order chi connectivity index (χ0) is 15.7. The molecule has 0 bridgehead atoms. The fourth-order valence-electron chi connectivity index (χ4n) is 2.63. The number of halogens is 3. The lowest BCUT2D eigenvalue weighted by Crippen LogP contribution is -2.48. The standard InChI is InChI=1S/C16H22F3NO/c1-15(2,3)20-10-8-12(9-11-20)21-14-7-5-4-6-13(14)16(17,18)19/h4-7,12H,8-11H2,1-3H3. The smallest absolute Gasteiger partial charge is 0.419 e. The molecule has 0 N–H and O–H groups in total. The van der Waals surface area contributed by atoms with Crippen molar-refractivity contribution in [1.29, 1.82) is 0 Å². The fourth-order valence-corrected chi connectivity index (χ4v) is 2.63. The number of hydrogen-bond donors (Lipinski definition) is 0. The summed E-state index contributed by atoms with van der Waals surface area (Å²) < 4.78 is 44.4. The number of alkyl halides is 3. The highest BCUT2D eigenvalue weighted by Crippen LogP contribution is 2.37. The lowest BCUT2D eigenvalue weighted by atomic mass is 9.99. The Balaban J connectivity index is 2.02. The minimum Gasteiger partial charge on any atom is -0.490 e. The molecule has 1 fully saturated rings. The highest BCUT2D eigenvalue weighted by atomic mass is 19.4. The molecule has 0 amide bonds. The molecule has 5 heteroatoms. The van der Waals surface area contributed by atoms with E-state index in [1.807, 2.05) is 0 Å². The molecule has 0 saturated carbocycles. The maximum Gasteiger partial charge on any atom is 0.419 e. The Kier molecular flexibility index (Phi) is 4.51. The Labute approximate surface area is 123 Å². The van der Waals surface area contributed by atoms with Gasteiger partial charge in [-0.25, -0.2) is 0 Å². The van der Waals surface area contributed by atoms with Gasteiger partial charge in [0, 0.05) is 18.6 Å². The normalized spacial score (nSPS) is 18.8. The highest BCUT2D eigenvalue weighted by molar-refractivity contribution is 5.35. The highest BCUT2D eigenvalue weighted by Gasteiger charge is 2.35.